The van der Waals surface area contributed by atoms with Crippen LogP contribution in [0.4, 0.5) is 0 Å². The number of methoxy groups -OCH3 is 1. The normalized spacial score (nSPS) is 11.3. The number of nitrogens with two attached hydrogens (primary N) is 1. The summed E-state index contributed by atoms with van der Waals surface area (Å²) in [6.45, 7) is 6.27. The smallest absolute Gasteiger partial charge is 0.255 e. The van der Waals surface area contributed by atoms with Gasteiger partial charge in [-0.3, -0.25) is 9.59 Å². The summed E-state index contributed by atoms with van der Waals surface area (Å²) < 4.78 is 5.54. The van der Waals surface area contributed by atoms with Crippen molar-refractivity contribution in [2.24, 2.45) is 5.73 Å². The van der Waals surface area contributed by atoms with Crippen molar-refractivity contribution in [1.29, 1.82) is 0 Å². The summed E-state index contributed by atoms with van der Waals surface area (Å²) in [7, 11) is 1.62. The highest BCUT2D eigenvalue weighted by Crippen LogP contribution is 2.37. The maximum atomic E-state index is 12.2. The lowest BCUT2D eigenvalue weighted by Crippen LogP contribution is -2.16. The van der Waals surface area contributed by atoms with E-state index in [1.54, 1.807) is 25.4 Å². The molecule has 0 aliphatic carbocycles. The minimum Gasteiger partial charge on any atom is -0.496 e. The first kappa shape index (κ1) is 17.8. The summed E-state index contributed by atoms with van der Waals surface area (Å²) in [6, 6.07) is 7.46. The van der Waals surface area contributed by atoms with Gasteiger partial charge in [0.15, 0.2) is 0 Å². The molecule has 3 N–H and O–H groups in total. The molecule has 0 aliphatic heterocycles. The fraction of sp³-hybridized carbons (Fsp3) is 0.368. The number of carbonyl (C=O) groups is 1. The first-order valence-electron chi connectivity index (χ1n) is 7.92. The molecule has 0 saturated carbocycles. The average Bonchev–Trinajstić information content (AvgIpc) is 2.51. The largest absolute Gasteiger partial charge is 0.496 e. The fourth-order valence-electron chi connectivity index (χ4n) is 2.73. The maximum absolute atomic E-state index is 12.2. The number of aromatic nitrogens is 1. The van der Waals surface area contributed by atoms with Crippen LogP contribution < -0.4 is 16.0 Å². The summed E-state index contributed by atoms with van der Waals surface area (Å²) in [5.41, 5.74) is 8.24. The highest BCUT2D eigenvalue weighted by molar-refractivity contribution is 5.75. The highest BCUT2D eigenvalue weighted by atomic mass is 16.5. The Morgan fingerprint density at radius 3 is 2.50 bits per heavy atom. The van der Waals surface area contributed by atoms with E-state index < -0.39 is 0 Å². The van der Waals surface area contributed by atoms with Gasteiger partial charge in [0.1, 0.15) is 5.75 Å². The molecule has 24 heavy (non-hydrogen) atoms. The molecule has 1 amide bonds. The van der Waals surface area contributed by atoms with Crippen molar-refractivity contribution in [3.05, 3.63) is 51.9 Å². The van der Waals surface area contributed by atoms with E-state index in [2.05, 4.69) is 25.8 Å². The molecule has 0 radical (unpaired) electrons. The van der Waals surface area contributed by atoms with Crippen molar-refractivity contribution in [2.75, 3.05) is 7.11 Å². The lowest BCUT2D eigenvalue weighted by Gasteiger charge is -2.24. The number of amides is 1. The Hall–Kier alpha value is -2.56. The molecule has 1 aromatic carbocycles. The molecule has 128 valence electrons. The summed E-state index contributed by atoms with van der Waals surface area (Å²) in [5.74, 6) is 0.375. The van der Waals surface area contributed by atoms with Crippen molar-refractivity contribution in [2.45, 2.75) is 39.0 Å². The molecule has 5 nitrogen and oxygen atoms in total. The number of pyridine rings is 1. The third-order valence-corrected chi connectivity index (χ3v) is 3.98. The van der Waals surface area contributed by atoms with Crippen LogP contribution in [-0.2, 0) is 16.6 Å². The molecule has 2 rings (SSSR count). The predicted molar refractivity (Wildman–Crippen MR) is 95.3 cm³/mol. The summed E-state index contributed by atoms with van der Waals surface area (Å²) >= 11 is 0. The van der Waals surface area contributed by atoms with E-state index in [9.17, 15) is 9.59 Å². The molecule has 0 unspecified atom stereocenters. The third kappa shape index (κ3) is 3.85. The Morgan fingerprint density at radius 2 is 1.96 bits per heavy atom. The van der Waals surface area contributed by atoms with E-state index >= 15 is 0 Å². The van der Waals surface area contributed by atoms with Crippen LogP contribution in [0.1, 0.15) is 38.3 Å². The monoisotopic (exact) mass is 328 g/mol. The molecule has 0 atom stereocenters. The zero-order chi connectivity index (χ0) is 17.9. The van der Waals surface area contributed by atoms with Gasteiger partial charge >= 0.3 is 0 Å². The third-order valence-electron chi connectivity index (χ3n) is 3.98. The molecule has 0 bridgehead atoms. The van der Waals surface area contributed by atoms with E-state index in [1.165, 1.54) is 0 Å². The van der Waals surface area contributed by atoms with Gasteiger partial charge in [-0.25, -0.2) is 0 Å². The topological polar surface area (TPSA) is 85.2 Å². The number of H-pyrrole nitrogens is 1. The molecule has 0 saturated heterocycles. The van der Waals surface area contributed by atoms with Gasteiger partial charge in [0, 0.05) is 23.7 Å². The lowest BCUT2D eigenvalue weighted by molar-refractivity contribution is -0.117. The minimum atomic E-state index is -0.373. The zero-order valence-corrected chi connectivity index (χ0v) is 14.6. The van der Waals surface area contributed by atoms with Crippen molar-refractivity contribution >= 4 is 5.91 Å². The van der Waals surface area contributed by atoms with Crippen LogP contribution in [0.3, 0.4) is 0 Å². The van der Waals surface area contributed by atoms with Gasteiger partial charge in [0.25, 0.3) is 5.56 Å². The number of ether oxygens (including phenoxy) is 1. The van der Waals surface area contributed by atoms with Crippen LogP contribution >= 0.6 is 0 Å². The van der Waals surface area contributed by atoms with Crippen molar-refractivity contribution in [1.82, 2.24) is 4.98 Å². The van der Waals surface area contributed by atoms with E-state index in [4.69, 9.17) is 10.5 Å². The van der Waals surface area contributed by atoms with Crippen LogP contribution in [0.15, 0.2) is 35.3 Å². The standard InChI is InChI=1S/C19H24N2O3/c1-19(2,3)15-11-14(13-6-5-9-21-18(13)23)12(7-8-17(20)22)10-16(15)24-4/h5-6,9-11H,7-8H2,1-4H3,(H2,20,22)(H,21,23). The Kier molecular flexibility index (Phi) is 5.12. The van der Waals surface area contributed by atoms with Crippen LogP contribution in [0, 0.1) is 0 Å². The summed E-state index contributed by atoms with van der Waals surface area (Å²) in [6.07, 6.45) is 2.28. The molecular formula is C19H24N2O3. The van der Waals surface area contributed by atoms with E-state index in [-0.39, 0.29) is 23.3 Å². The van der Waals surface area contributed by atoms with Gasteiger partial charge in [-0.2, -0.15) is 0 Å². The second-order valence-corrected chi connectivity index (χ2v) is 6.84. The minimum absolute atomic E-state index is 0.149. The average molecular weight is 328 g/mol. The summed E-state index contributed by atoms with van der Waals surface area (Å²) in [5, 5.41) is 0. The van der Waals surface area contributed by atoms with E-state index in [0.29, 0.717) is 12.0 Å². The van der Waals surface area contributed by atoms with Crippen molar-refractivity contribution < 1.29 is 9.53 Å². The van der Waals surface area contributed by atoms with Crippen LogP contribution in [0.5, 0.6) is 5.75 Å². The molecule has 1 heterocycles. The van der Waals surface area contributed by atoms with Crippen LogP contribution in [0.25, 0.3) is 11.1 Å². The highest BCUT2D eigenvalue weighted by Gasteiger charge is 2.22. The Balaban J connectivity index is 2.70. The predicted octanol–water partition coefficient (Wildman–Crippen LogP) is 2.77. The second-order valence-electron chi connectivity index (χ2n) is 6.84. The number of aryl methyl sites for hydroxylation is 1. The van der Waals surface area contributed by atoms with Gasteiger partial charge in [-0.05, 0) is 47.2 Å². The number of nitrogens with one attached hydrogen (secondary N) is 1. The second kappa shape index (κ2) is 6.91. The number of benzene rings is 1. The maximum Gasteiger partial charge on any atom is 0.255 e. The summed E-state index contributed by atoms with van der Waals surface area (Å²) in [4.78, 5) is 26.1. The van der Waals surface area contributed by atoms with Crippen LogP contribution in [-0.4, -0.2) is 18.0 Å². The number of carbonyl (C=O) groups excluding carboxylic acids is 1. The molecule has 5 heteroatoms. The van der Waals surface area contributed by atoms with Crippen LogP contribution in [0.2, 0.25) is 0 Å². The first-order valence-corrected chi connectivity index (χ1v) is 7.92. The number of rotatable bonds is 5. The van der Waals surface area contributed by atoms with Gasteiger partial charge in [-0.15, -0.1) is 0 Å². The molecular weight excluding hydrogens is 304 g/mol. The first-order chi connectivity index (χ1) is 11.2. The lowest BCUT2D eigenvalue weighted by atomic mass is 9.82. The van der Waals surface area contributed by atoms with E-state index in [1.807, 2.05) is 12.1 Å². The van der Waals surface area contributed by atoms with Gasteiger partial charge in [-0.1, -0.05) is 20.8 Å². The fourth-order valence-corrected chi connectivity index (χ4v) is 2.73. The Labute approximate surface area is 141 Å². The van der Waals surface area contributed by atoms with Crippen molar-refractivity contribution in [3.63, 3.8) is 0 Å². The molecule has 0 aliphatic rings. The van der Waals surface area contributed by atoms with Crippen molar-refractivity contribution in [3.8, 4) is 16.9 Å². The van der Waals surface area contributed by atoms with Gasteiger partial charge < -0.3 is 15.5 Å². The number of hydrogen-bond donors (Lipinski definition) is 2. The van der Waals surface area contributed by atoms with E-state index in [0.717, 1.165) is 22.4 Å². The molecule has 2 aromatic rings. The molecule has 1 aromatic heterocycles. The molecule has 0 spiro atoms. The number of aromatic amines is 1. The Morgan fingerprint density at radius 1 is 1.25 bits per heavy atom. The molecule has 0 fully saturated rings. The SMILES string of the molecule is COc1cc(CCC(N)=O)c(-c2ccc[nH]c2=O)cc1C(C)(C)C. The zero-order valence-electron chi connectivity index (χ0n) is 14.6. The quantitative estimate of drug-likeness (QED) is 0.885. The number of hydrogen-bond acceptors (Lipinski definition) is 3. The number of primary amides is 1. The van der Waals surface area contributed by atoms with Gasteiger partial charge in [0.05, 0.1) is 7.11 Å². The van der Waals surface area contributed by atoms with Gasteiger partial charge in [0.2, 0.25) is 5.91 Å². The Bertz CT molecular complexity index is 801.